The first kappa shape index (κ1) is 11.0. The number of aryl methyl sites for hydroxylation is 2. The second-order valence-corrected chi connectivity index (χ2v) is 3.58. The zero-order valence-electron chi connectivity index (χ0n) is 9.56. The maximum atomic E-state index is 3.84. The van der Waals surface area contributed by atoms with Gasteiger partial charge in [-0.2, -0.15) is 0 Å². The lowest BCUT2D eigenvalue weighted by atomic mass is 9.93. The van der Waals surface area contributed by atoms with E-state index < -0.39 is 0 Å². The van der Waals surface area contributed by atoms with Crippen LogP contribution in [0, 0.1) is 0 Å². The van der Waals surface area contributed by atoms with E-state index in [-0.39, 0.29) is 0 Å². The molecule has 0 N–H and O–H groups in total. The third kappa shape index (κ3) is 2.06. The lowest BCUT2D eigenvalue weighted by molar-refractivity contribution is 0.980. The van der Waals surface area contributed by atoms with Crippen molar-refractivity contribution < 1.29 is 0 Å². The lowest BCUT2D eigenvalue weighted by Gasteiger charge is -2.12. The highest BCUT2D eigenvalue weighted by molar-refractivity contribution is 5.53. The molecule has 0 aliphatic carbocycles. The molecular weight excluding hydrogens is 168 g/mol. The summed E-state index contributed by atoms with van der Waals surface area (Å²) in [6.07, 6.45) is 5.33. The standard InChI is InChI=1S/C14H20/c1-5-11-9-12(6-2)14(8-4)13(7-3)10-11/h5,9-10H,1,6-8H2,2-4H3. The number of hydrogen-bond donors (Lipinski definition) is 0. The molecule has 0 saturated carbocycles. The summed E-state index contributed by atoms with van der Waals surface area (Å²) in [5, 5.41) is 0. The minimum absolute atomic E-state index is 1.12. The molecule has 1 aromatic rings. The third-order valence-electron chi connectivity index (χ3n) is 2.81. The fourth-order valence-corrected chi connectivity index (χ4v) is 2.03. The van der Waals surface area contributed by atoms with Crippen LogP contribution in [-0.2, 0) is 19.3 Å². The van der Waals surface area contributed by atoms with Crippen molar-refractivity contribution in [1.29, 1.82) is 0 Å². The highest BCUT2D eigenvalue weighted by Crippen LogP contribution is 2.20. The molecule has 0 amide bonds. The summed E-state index contributed by atoms with van der Waals surface area (Å²) in [7, 11) is 0. The molecule has 76 valence electrons. The smallest absolute Gasteiger partial charge is 0.0257 e. The van der Waals surface area contributed by atoms with E-state index in [0.717, 1.165) is 19.3 Å². The average molecular weight is 188 g/mol. The number of benzene rings is 1. The molecule has 0 aliphatic rings. The highest BCUT2D eigenvalue weighted by atomic mass is 14.1. The Labute approximate surface area is 87.7 Å². The summed E-state index contributed by atoms with van der Waals surface area (Å²) < 4.78 is 0. The molecule has 0 spiro atoms. The summed E-state index contributed by atoms with van der Waals surface area (Å²) in [4.78, 5) is 0. The first-order valence-electron chi connectivity index (χ1n) is 5.53. The predicted molar refractivity (Wildman–Crippen MR) is 64.7 cm³/mol. The molecule has 0 nitrogen and oxygen atoms in total. The van der Waals surface area contributed by atoms with Crippen LogP contribution in [0.5, 0.6) is 0 Å². The molecular formula is C14H20. The van der Waals surface area contributed by atoms with Gasteiger partial charge in [0.05, 0.1) is 0 Å². The third-order valence-corrected chi connectivity index (χ3v) is 2.81. The van der Waals surface area contributed by atoms with Gasteiger partial charge in [0.2, 0.25) is 0 Å². The quantitative estimate of drug-likeness (QED) is 0.669. The van der Waals surface area contributed by atoms with Crippen LogP contribution in [0.15, 0.2) is 18.7 Å². The molecule has 0 heterocycles. The number of rotatable bonds is 4. The molecule has 0 bridgehead atoms. The topological polar surface area (TPSA) is 0 Å². The van der Waals surface area contributed by atoms with Gasteiger partial charge >= 0.3 is 0 Å². The average Bonchev–Trinajstić information content (AvgIpc) is 2.26. The first-order valence-corrected chi connectivity index (χ1v) is 5.53. The van der Waals surface area contributed by atoms with E-state index in [9.17, 15) is 0 Å². The van der Waals surface area contributed by atoms with Gasteiger partial charge in [-0.1, -0.05) is 45.6 Å². The van der Waals surface area contributed by atoms with Gasteiger partial charge in [0.25, 0.3) is 0 Å². The summed E-state index contributed by atoms with van der Waals surface area (Å²) in [6, 6.07) is 4.54. The normalized spacial score (nSPS) is 10.2. The Morgan fingerprint density at radius 2 is 1.50 bits per heavy atom. The Bertz CT molecular complexity index is 296. The van der Waals surface area contributed by atoms with Crippen molar-refractivity contribution in [2.75, 3.05) is 0 Å². The van der Waals surface area contributed by atoms with Crippen molar-refractivity contribution in [1.82, 2.24) is 0 Å². The van der Waals surface area contributed by atoms with Gasteiger partial charge in [-0.3, -0.25) is 0 Å². The fraction of sp³-hybridized carbons (Fsp3) is 0.429. The van der Waals surface area contributed by atoms with Gasteiger partial charge in [0.15, 0.2) is 0 Å². The molecule has 0 unspecified atom stereocenters. The van der Waals surface area contributed by atoms with Crippen molar-refractivity contribution in [3.63, 3.8) is 0 Å². The van der Waals surface area contributed by atoms with E-state index in [2.05, 4.69) is 39.5 Å². The highest BCUT2D eigenvalue weighted by Gasteiger charge is 2.05. The predicted octanol–water partition coefficient (Wildman–Crippen LogP) is 4.02. The second kappa shape index (κ2) is 4.99. The molecule has 0 aliphatic heterocycles. The van der Waals surface area contributed by atoms with E-state index >= 15 is 0 Å². The van der Waals surface area contributed by atoms with Crippen LogP contribution < -0.4 is 0 Å². The van der Waals surface area contributed by atoms with E-state index in [1.165, 1.54) is 16.7 Å². The molecule has 1 aromatic carbocycles. The van der Waals surface area contributed by atoms with Crippen LogP contribution >= 0.6 is 0 Å². The van der Waals surface area contributed by atoms with E-state index in [0.29, 0.717) is 0 Å². The van der Waals surface area contributed by atoms with Gasteiger partial charge in [-0.05, 0) is 41.5 Å². The van der Waals surface area contributed by atoms with Gasteiger partial charge in [0.1, 0.15) is 0 Å². The first-order chi connectivity index (χ1) is 6.76. The van der Waals surface area contributed by atoms with Gasteiger partial charge in [0, 0.05) is 0 Å². The largest absolute Gasteiger partial charge is 0.0985 e. The van der Waals surface area contributed by atoms with Gasteiger partial charge in [-0.25, -0.2) is 0 Å². The Morgan fingerprint density at radius 3 is 1.79 bits per heavy atom. The zero-order chi connectivity index (χ0) is 10.6. The van der Waals surface area contributed by atoms with Crippen LogP contribution in [-0.4, -0.2) is 0 Å². The monoisotopic (exact) mass is 188 g/mol. The fourth-order valence-electron chi connectivity index (χ4n) is 2.03. The lowest BCUT2D eigenvalue weighted by Crippen LogP contribution is -1.98. The number of hydrogen-bond acceptors (Lipinski definition) is 0. The van der Waals surface area contributed by atoms with Crippen molar-refractivity contribution in [3.8, 4) is 0 Å². The van der Waals surface area contributed by atoms with Crippen LogP contribution in [0.2, 0.25) is 0 Å². The van der Waals surface area contributed by atoms with Gasteiger partial charge < -0.3 is 0 Å². The molecule has 14 heavy (non-hydrogen) atoms. The Hall–Kier alpha value is -1.04. The Balaban J connectivity index is 3.31. The molecule has 0 radical (unpaired) electrons. The van der Waals surface area contributed by atoms with Crippen LogP contribution in [0.4, 0.5) is 0 Å². The van der Waals surface area contributed by atoms with E-state index in [4.69, 9.17) is 0 Å². The summed E-state index contributed by atoms with van der Waals surface area (Å²) >= 11 is 0. The summed E-state index contributed by atoms with van der Waals surface area (Å²) in [5.41, 5.74) is 5.78. The van der Waals surface area contributed by atoms with Gasteiger partial charge in [-0.15, -0.1) is 0 Å². The molecule has 0 atom stereocenters. The zero-order valence-corrected chi connectivity index (χ0v) is 9.56. The Morgan fingerprint density at radius 1 is 1.00 bits per heavy atom. The minimum atomic E-state index is 1.12. The Kier molecular flexibility index (Phi) is 3.94. The van der Waals surface area contributed by atoms with Crippen molar-refractivity contribution in [2.24, 2.45) is 0 Å². The second-order valence-electron chi connectivity index (χ2n) is 3.58. The van der Waals surface area contributed by atoms with Crippen molar-refractivity contribution in [2.45, 2.75) is 40.0 Å². The van der Waals surface area contributed by atoms with Crippen LogP contribution in [0.3, 0.4) is 0 Å². The minimum Gasteiger partial charge on any atom is -0.0985 e. The van der Waals surface area contributed by atoms with E-state index in [1.807, 2.05) is 6.08 Å². The summed E-state index contributed by atoms with van der Waals surface area (Å²) in [6.45, 7) is 10.5. The summed E-state index contributed by atoms with van der Waals surface area (Å²) in [5.74, 6) is 0. The van der Waals surface area contributed by atoms with Crippen molar-refractivity contribution in [3.05, 3.63) is 41.0 Å². The maximum Gasteiger partial charge on any atom is -0.0257 e. The molecule has 0 saturated heterocycles. The van der Waals surface area contributed by atoms with E-state index in [1.54, 1.807) is 5.56 Å². The molecule has 1 rings (SSSR count). The van der Waals surface area contributed by atoms with Crippen LogP contribution in [0.25, 0.3) is 6.08 Å². The maximum absolute atomic E-state index is 3.84. The van der Waals surface area contributed by atoms with Crippen molar-refractivity contribution >= 4 is 6.08 Å². The SMILES string of the molecule is C=Cc1cc(CC)c(CC)c(CC)c1. The molecule has 0 heteroatoms. The molecule has 0 aromatic heterocycles. The molecule has 0 fully saturated rings. The van der Waals surface area contributed by atoms with Crippen LogP contribution in [0.1, 0.15) is 43.0 Å².